The number of fused-ring (bicyclic) bond motifs is 1. The molecule has 4 aromatic rings. The van der Waals surface area contributed by atoms with Crippen LogP contribution in [-0.2, 0) is 17.8 Å². The third kappa shape index (κ3) is 4.41. The lowest BCUT2D eigenvalue weighted by Gasteiger charge is -2.34. The lowest BCUT2D eigenvalue weighted by atomic mass is 10.1. The van der Waals surface area contributed by atoms with Gasteiger partial charge in [-0.3, -0.25) is 14.3 Å². The van der Waals surface area contributed by atoms with Crippen molar-refractivity contribution in [2.75, 3.05) is 26.2 Å². The first-order valence-electron chi connectivity index (χ1n) is 11.5. The second-order valence-corrected chi connectivity index (χ2v) is 8.65. The van der Waals surface area contributed by atoms with Crippen molar-refractivity contribution < 1.29 is 9.32 Å². The van der Waals surface area contributed by atoms with Crippen LogP contribution < -0.4 is 0 Å². The Morgan fingerprint density at radius 3 is 2.42 bits per heavy atom. The summed E-state index contributed by atoms with van der Waals surface area (Å²) in [7, 11) is 0. The first kappa shape index (κ1) is 21.4. The van der Waals surface area contributed by atoms with E-state index < -0.39 is 0 Å². The van der Waals surface area contributed by atoms with Gasteiger partial charge in [0.05, 0.1) is 16.7 Å². The van der Waals surface area contributed by atoms with Crippen molar-refractivity contribution >= 4 is 16.9 Å². The fraction of sp³-hybridized carbons (Fsp3) is 0.346. The Morgan fingerprint density at radius 1 is 0.970 bits per heavy atom. The number of para-hydroxylation sites is 3. The molecule has 0 atom stereocenters. The van der Waals surface area contributed by atoms with E-state index in [2.05, 4.69) is 32.8 Å². The minimum atomic E-state index is 0.193. The molecule has 0 radical (unpaired) electrons. The molecule has 0 saturated carbocycles. The van der Waals surface area contributed by atoms with Crippen LogP contribution in [0.1, 0.15) is 29.3 Å². The van der Waals surface area contributed by atoms with Gasteiger partial charge in [0.25, 0.3) is 0 Å². The van der Waals surface area contributed by atoms with Gasteiger partial charge in [0.15, 0.2) is 0 Å². The van der Waals surface area contributed by atoms with E-state index in [1.165, 1.54) is 0 Å². The highest BCUT2D eigenvalue weighted by atomic mass is 16.5. The number of carbonyl (C=O) groups excluding carboxylic acids is 1. The number of nitrogens with zero attached hydrogens (tertiary/aromatic N) is 5. The Bertz CT molecular complexity index is 1230. The number of imidazole rings is 1. The normalized spacial score (nSPS) is 14.8. The monoisotopic (exact) mass is 443 g/mol. The van der Waals surface area contributed by atoms with E-state index in [0.717, 1.165) is 72.3 Å². The zero-order valence-corrected chi connectivity index (χ0v) is 19.2. The van der Waals surface area contributed by atoms with Crippen LogP contribution >= 0.6 is 0 Å². The van der Waals surface area contributed by atoms with Crippen LogP contribution in [0.5, 0.6) is 0 Å². The van der Waals surface area contributed by atoms with Crippen molar-refractivity contribution in [1.82, 2.24) is 24.5 Å². The molecular weight excluding hydrogens is 414 g/mol. The molecule has 33 heavy (non-hydrogen) atoms. The summed E-state index contributed by atoms with van der Waals surface area (Å²) in [6, 6.07) is 18.4. The van der Waals surface area contributed by atoms with Gasteiger partial charge < -0.3 is 9.42 Å². The van der Waals surface area contributed by atoms with E-state index in [9.17, 15) is 4.79 Å². The molecule has 7 nitrogen and oxygen atoms in total. The Hall–Kier alpha value is -3.45. The summed E-state index contributed by atoms with van der Waals surface area (Å²) in [5.74, 6) is 2.00. The van der Waals surface area contributed by atoms with E-state index in [1.807, 2.05) is 55.1 Å². The second kappa shape index (κ2) is 9.19. The van der Waals surface area contributed by atoms with Gasteiger partial charge in [0, 0.05) is 56.8 Å². The highest BCUT2D eigenvalue weighted by molar-refractivity contribution is 5.79. The average Bonchev–Trinajstić information content (AvgIpc) is 3.38. The van der Waals surface area contributed by atoms with Crippen LogP contribution in [0.2, 0.25) is 0 Å². The van der Waals surface area contributed by atoms with Crippen molar-refractivity contribution in [2.45, 2.75) is 33.2 Å². The van der Waals surface area contributed by atoms with Crippen LogP contribution in [0.4, 0.5) is 0 Å². The molecule has 0 aliphatic carbocycles. The Morgan fingerprint density at radius 2 is 1.70 bits per heavy atom. The average molecular weight is 444 g/mol. The van der Waals surface area contributed by atoms with Crippen LogP contribution in [0.3, 0.4) is 0 Å². The van der Waals surface area contributed by atoms with Gasteiger partial charge in [-0.1, -0.05) is 35.5 Å². The lowest BCUT2D eigenvalue weighted by molar-refractivity contribution is -0.133. The molecule has 3 heterocycles. The largest absolute Gasteiger partial charge is 0.361 e. The van der Waals surface area contributed by atoms with Crippen molar-refractivity contribution in [3.05, 3.63) is 77.4 Å². The van der Waals surface area contributed by atoms with Crippen LogP contribution in [0.15, 0.2) is 59.1 Å². The quantitative estimate of drug-likeness (QED) is 0.452. The standard InChI is InChI=1S/C26H29N5O2/c1-19-22(20(2)33-28-19)18-29-14-16-30(17-15-29)26(32)13-12-25-27-23-10-6-7-11-24(23)31(25)21-8-4-3-5-9-21/h3-11H,12-18H2,1-2H3. The molecule has 2 aromatic carbocycles. The van der Waals surface area contributed by atoms with E-state index in [-0.39, 0.29) is 5.91 Å². The molecule has 1 fully saturated rings. The molecule has 7 heteroatoms. The summed E-state index contributed by atoms with van der Waals surface area (Å²) in [6.07, 6.45) is 1.07. The molecule has 170 valence electrons. The van der Waals surface area contributed by atoms with E-state index in [4.69, 9.17) is 9.51 Å². The van der Waals surface area contributed by atoms with Gasteiger partial charge >= 0.3 is 0 Å². The highest BCUT2D eigenvalue weighted by Gasteiger charge is 2.23. The van der Waals surface area contributed by atoms with Crippen LogP contribution in [0.25, 0.3) is 16.7 Å². The number of hydrogen-bond acceptors (Lipinski definition) is 5. The zero-order valence-electron chi connectivity index (χ0n) is 19.2. The van der Waals surface area contributed by atoms with E-state index in [0.29, 0.717) is 12.8 Å². The number of aryl methyl sites for hydroxylation is 3. The van der Waals surface area contributed by atoms with Gasteiger partial charge in [-0.25, -0.2) is 4.98 Å². The van der Waals surface area contributed by atoms with Crippen LogP contribution in [0, 0.1) is 13.8 Å². The second-order valence-electron chi connectivity index (χ2n) is 8.65. The predicted octanol–water partition coefficient (Wildman–Crippen LogP) is 3.91. The summed E-state index contributed by atoms with van der Waals surface area (Å²) in [5, 5.41) is 4.05. The Kier molecular flexibility index (Phi) is 5.96. The molecule has 0 unspecified atom stereocenters. The van der Waals surface area contributed by atoms with Crippen molar-refractivity contribution in [3.8, 4) is 5.69 Å². The highest BCUT2D eigenvalue weighted by Crippen LogP contribution is 2.23. The summed E-state index contributed by atoms with van der Waals surface area (Å²) in [4.78, 5) is 22.2. The van der Waals surface area contributed by atoms with Crippen molar-refractivity contribution in [1.29, 1.82) is 0 Å². The maximum atomic E-state index is 13.0. The summed E-state index contributed by atoms with van der Waals surface area (Å²) < 4.78 is 7.46. The maximum absolute atomic E-state index is 13.0. The topological polar surface area (TPSA) is 67.4 Å². The van der Waals surface area contributed by atoms with Crippen molar-refractivity contribution in [2.24, 2.45) is 0 Å². The van der Waals surface area contributed by atoms with Gasteiger partial charge in [0.1, 0.15) is 11.6 Å². The number of rotatable bonds is 6. The molecule has 1 aliphatic heterocycles. The Balaban J connectivity index is 1.23. The SMILES string of the molecule is Cc1noc(C)c1CN1CCN(C(=O)CCc2nc3ccccc3n2-c2ccccc2)CC1. The summed E-state index contributed by atoms with van der Waals surface area (Å²) in [6.45, 7) is 7.97. The lowest BCUT2D eigenvalue weighted by Crippen LogP contribution is -2.48. The number of hydrogen-bond donors (Lipinski definition) is 0. The molecule has 5 rings (SSSR count). The van der Waals surface area contributed by atoms with Gasteiger partial charge in [-0.05, 0) is 38.1 Å². The van der Waals surface area contributed by atoms with Crippen molar-refractivity contribution in [3.63, 3.8) is 0 Å². The number of benzene rings is 2. The third-order valence-electron chi connectivity index (χ3n) is 6.50. The minimum absolute atomic E-state index is 0.193. The minimum Gasteiger partial charge on any atom is -0.361 e. The maximum Gasteiger partial charge on any atom is 0.223 e. The van der Waals surface area contributed by atoms with Gasteiger partial charge in [-0.2, -0.15) is 0 Å². The molecule has 2 aromatic heterocycles. The molecule has 0 bridgehead atoms. The summed E-state index contributed by atoms with van der Waals surface area (Å²) in [5.41, 5.74) is 5.21. The third-order valence-corrected chi connectivity index (χ3v) is 6.50. The number of aromatic nitrogens is 3. The number of carbonyl (C=O) groups is 1. The number of amides is 1. The van der Waals surface area contributed by atoms with Crippen LogP contribution in [-0.4, -0.2) is 56.6 Å². The molecule has 1 saturated heterocycles. The van der Waals surface area contributed by atoms with E-state index >= 15 is 0 Å². The fourth-order valence-corrected chi connectivity index (χ4v) is 4.59. The first-order valence-corrected chi connectivity index (χ1v) is 11.5. The molecule has 0 spiro atoms. The molecule has 1 aliphatic rings. The molecular formula is C26H29N5O2. The van der Waals surface area contributed by atoms with E-state index in [1.54, 1.807) is 0 Å². The summed E-state index contributed by atoms with van der Waals surface area (Å²) >= 11 is 0. The molecule has 0 N–H and O–H groups in total. The smallest absolute Gasteiger partial charge is 0.223 e. The fourth-order valence-electron chi connectivity index (χ4n) is 4.59. The first-order chi connectivity index (χ1) is 16.1. The molecule has 1 amide bonds. The van der Waals surface area contributed by atoms with Gasteiger partial charge in [-0.15, -0.1) is 0 Å². The zero-order chi connectivity index (χ0) is 22.8. The van der Waals surface area contributed by atoms with Gasteiger partial charge in [0.2, 0.25) is 5.91 Å². The Labute approximate surface area is 193 Å². The predicted molar refractivity (Wildman–Crippen MR) is 127 cm³/mol. The number of piperazine rings is 1.